The fraction of sp³-hybridized carbons (Fsp3) is 0.647. The van der Waals surface area contributed by atoms with E-state index in [1.54, 1.807) is 14.2 Å². The predicted molar refractivity (Wildman–Crippen MR) is 93.9 cm³/mol. The maximum atomic E-state index is 5.66. The van der Waals surface area contributed by atoms with Gasteiger partial charge in [0.15, 0.2) is 0 Å². The smallest absolute Gasteiger partial charge is 0.133 e. The molecule has 1 fully saturated rings. The molecule has 2 rings (SSSR count). The Morgan fingerprint density at radius 1 is 1.09 bits per heavy atom. The lowest BCUT2D eigenvalue weighted by atomic mass is 9.80. The lowest BCUT2D eigenvalue weighted by Gasteiger charge is -2.43. The van der Waals surface area contributed by atoms with E-state index in [1.807, 2.05) is 6.07 Å². The number of hydrogen-bond donors (Lipinski definition) is 1. The van der Waals surface area contributed by atoms with Crippen molar-refractivity contribution in [3.63, 3.8) is 0 Å². The van der Waals surface area contributed by atoms with E-state index >= 15 is 0 Å². The average Bonchev–Trinajstić information content (AvgIpc) is 2.48. The van der Waals surface area contributed by atoms with Gasteiger partial charge in [0.1, 0.15) is 11.5 Å². The standard InChI is InChI=1S/C17H27BrN2O2/c1-17(2,3)16(20-8-6-19-7-9-20)12-10-15(22-5)13(18)11-14(12)21-4/h10-11,16,19H,6-9H2,1-5H3/t16-/m1/s1. The van der Waals surface area contributed by atoms with E-state index in [-0.39, 0.29) is 11.5 Å². The molecule has 0 amide bonds. The van der Waals surface area contributed by atoms with Crippen molar-refractivity contribution >= 4 is 15.9 Å². The SMILES string of the molecule is COc1cc([C@@H](N2CCNCC2)C(C)(C)C)c(OC)cc1Br. The highest BCUT2D eigenvalue weighted by molar-refractivity contribution is 9.10. The van der Waals surface area contributed by atoms with Crippen LogP contribution in [-0.2, 0) is 0 Å². The van der Waals surface area contributed by atoms with Crippen LogP contribution in [0.1, 0.15) is 32.4 Å². The van der Waals surface area contributed by atoms with Crippen LogP contribution in [0.25, 0.3) is 0 Å². The molecule has 5 heteroatoms. The number of nitrogens with zero attached hydrogens (tertiary/aromatic N) is 1. The summed E-state index contributed by atoms with van der Waals surface area (Å²) in [5.41, 5.74) is 1.29. The number of methoxy groups -OCH3 is 2. The third-order valence-electron chi connectivity index (χ3n) is 4.14. The van der Waals surface area contributed by atoms with Gasteiger partial charge in [-0.15, -0.1) is 0 Å². The molecule has 1 N–H and O–H groups in total. The lowest BCUT2D eigenvalue weighted by Crippen LogP contribution is -2.48. The molecule has 1 saturated heterocycles. The van der Waals surface area contributed by atoms with E-state index in [0.29, 0.717) is 0 Å². The van der Waals surface area contributed by atoms with Crippen LogP contribution in [0, 0.1) is 5.41 Å². The number of piperazine rings is 1. The molecule has 1 atom stereocenters. The Morgan fingerprint density at radius 3 is 2.18 bits per heavy atom. The molecule has 1 aliphatic heterocycles. The molecule has 0 aliphatic carbocycles. The molecule has 4 nitrogen and oxygen atoms in total. The van der Waals surface area contributed by atoms with Gasteiger partial charge in [0.2, 0.25) is 0 Å². The highest BCUT2D eigenvalue weighted by Gasteiger charge is 2.35. The molecule has 0 aromatic heterocycles. The molecule has 0 bridgehead atoms. The summed E-state index contributed by atoms with van der Waals surface area (Å²) in [6.07, 6.45) is 0. The molecule has 1 aromatic rings. The first-order valence-electron chi connectivity index (χ1n) is 7.74. The molecule has 124 valence electrons. The Balaban J connectivity index is 2.50. The van der Waals surface area contributed by atoms with E-state index < -0.39 is 0 Å². The van der Waals surface area contributed by atoms with Crippen molar-refractivity contribution in [1.82, 2.24) is 10.2 Å². The van der Waals surface area contributed by atoms with Crippen molar-refractivity contribution in [3.8, 4) is 11.5 Å². The lowest BCUT2D eigenvalue weighted by molar-refractivity contribution is 0.0839. The maximum absolute atomic E-state index is 5.66. The minimum atomic E-state index is 0.101. The summed E-state index contributed by atoms with van der Waals surface area (Å²) >= 11 is 3.55. The van der Waals surface area contributed by atoms with Crippen molar-refractivity contribution in [2.24, 2.45) is 5.41 Å². The van der Waals surface area contributed by atoms with E-state index in [4.69, 9.17) is 9.47 Å². The summed E-state index contributed by atoms with van der Waals surface area (Å²) in [7, 11) is 3.43. The topological polar surface area (TPSA) is 33.7 Å². The summed E-state index contributed by atoms with van der Waals surface area (Å²) in [6.45, 7) is 11.0. The van der Waals surface area contributed by atoms with E-state index in [0.717, 1.165) is 42.2 Å². The number of halogens is 1. The maximum Gasteiger partial charge on any atom is 0.133 e. The Labute approximate surface area is 142 Å². The number of rotatable bonds is 4. The molecule has 0 spiro atoms. The van der Waals surface area contributed by atoms with Crippen LogP contribution in [0.2, 0.25) is 0 Å². The second-order valence-corrected chi connectivity index (χ2v) is 7.64. The minimum absolute atomic E-state index is 0.101. The van der Waals surface area contributed by atoms with Crippen LogP contribution in [0.15, 0.2) is 16.6 Å². The molecular weight excluding hydrogens is 344 g/mol. The second-order valence-electron chi connectivity index (χ2n) is 6.78. The van der Waals surface area contributed by atoms with Crippen LogP contribution in [0.3, 0.4) is 0 Å². The van der Waals surface area contributed by atoms with Gasteiger partial charge in [-0.25, -0.2) is 0 Å². The average molecular weight is 371 g/mol. The fourth-order valence-corrected chi connectivity index (χ4v) is 3.73. The largest absolute Gasteiger partial charge is 0.496 e. The Hall–Kier alpha value is -0.780. The van der Waals surface area contributed by atoms with Crippen LogP contribution in [-0.4, -0.2) is 45.3 Å². The number of nitrogens with one attached hydrogen (secondary N) is 1. The second kappa shape index (κ2) is 7.20. The van der Waals surface area contributed by atoms with Gasteiger partial charge in [0, 0.05) is 37.8 Å². The van der Waals surface area contributed by atoms with Gasteiger partial charge in [-0.05, 0) is 33.5 Å². The normalized spacial score (nSPS) is 18.1. The first kappa shape index (κ1) is 17.6. The molecule has 1 heterocycles. The van der Waals surface area contributed by atoms with Gasteiger partial charge in [-0.2, -0.15) is 0 Å². The summed E-state index contributed by atoms with van der Waals surface area (Å²) < 4.78 is 12.1. The molecule has 0 unspecified atom stereocenters. The van der Waals surface area contributed by atoms with Gasteiger partial charge in [0.05, 0.1) is 18.7 Å². The number of hydrogen-bond acceptors (Lipinski definition) is 4. The molecule has 0 radical (unpaired) electrons. The van der Waals surface area contributed by atoms with Crippen molar-refractivity contribution in [2.45, 2.75) is 26.8 Å². The van der Waals surface area contributed by atoms with Crippen molar-refractivity contribution in [2.75, 3.05) is 40.4 Å². The first-order valence-corrected chi connectivity index (χ1v) is 8.54. The van der Waals surface area contributed by atoms with Gasteiger partial charge in [-0.1, -0.05) is 20.8 Å². The van der Waals surface area contributed by atoms with E-state index in [9.17, 15) is 0 Å². The van der Waals surface area contributed by atoms with Gasteiger partial charge < -0.3 is 14.8 Å². The van der Waals surface area contributed by atoms with E-state index in [1.165, 1.54) is 5.56 Å². The Kier molecular flexibility index (Phi) is 5.75. The predicted octanol–water partition coefficient (Wildman–Crippen LogP) is 3.46. The zero-order chi connectivity index (χ0) is 16.3. The van der Waals surface area contributed by atoms with Crippen molar-refractivity contribution < 1.29 is 9.47 Å². The number of ether oxygens (including phenoxy) is 2. The molecule has 1 aliphatic rings. The third kappa shape index (κ3) is 3.76. The molecule has 1 aromatic carbocycles. The Morgan fingerprint density at radius 2 is 1.68 bits per heavy atom. The highest BCUT2D eigenvalue weighted by atomic mass is 79.9. The van der Waals surface area contributed by atoms with E-state index in [2.05, 4.69) is 53.0 Å². The summed E-state index contributed by atoms with van der Waals surface area (Å²) in [4.78, 5) is 2.54. The molecule has 0 saturated carbocycles. The van der Waals surface area contributed by atoms with Crippen LogP contribution in [0.4, 0.5) is 0 Å². The summed E-state index contributed by atoms with van der Waals surface area (Å²) in [5, 5.41) is 3.43. The Bertz CT molecular complexity index is 508. The quantitative estimate of drug-likeness (QED) is 0.879. The van der Waals surface area contributed by atoms with Gasteiger partial charge in [-0.3, -0.25) is 4.90 Å². The fourth-order valence-electron chi connectivity index (χ4n) is 3.25. The highest BCUT2D eigenvalue weighted by Crippen LogP contribution is 2.45. The summed E-state index contributed by atoms with van der Waals surface area (Å²) in [5.74, 6) is 1.76. The van der Waals surface area contributed by atoms with Gasteiger partial charge in [0.25, 0.3) is 0 Å². The van der Waals surface area contributed by atoms with Crippen molar-refractivity contribution in [1.29, 1.82) is 0 Å². The zero-order valence-electron chi connectivity index (χ0n) is 14.2. The van der Waals surface area contributed by atoms with Crippen LogP contribution < -0.4 is 14.8 Å². The van der Waals surface area contributed by atoms with Crippen LogP contribution in [0.5, 0.6) is 11.5 Å². The monoisotopic (exact) mass is 370 g/mol. The third-order valence-corrected chi connectivity index (χ3v) is 4.76. The molecule has 22 heavy (non-hydrogen) atoms. The number of benzene rings is 1. The van der Waals surface area contributed by atoms with Crippen LogP contribution >= 0.6 is 15.9 Å². The molecular formula is C17H27BrN2O2. The first-order chi connectivity index (χ1) is 10.4. The van der Waals surface area contributed by atoms with Crippen molar-refractivity contribution in [3.05, 3.63) is 22.2 Å². The minimum Gasteiger partial charge on any atom is -0.496 e. The zero-order valence-corrected chi connectivity index (χ0v) is 15.8. The summed E-state index contributed by atoms with van der Waals surface area (Å²) in [6, 6.07) is 4.40. The van der Waals surface area contributed by atoms with Gasteiger partial charge >= 0.3 is 0 Å².